The van der Waals surface area contributed by atoms with E-state index in [9.17, 15) is 22.0 Å². The van der Waals surface area contributed by atoms with Crippen LogP contribution in [0.25, 0.3) is 0 Å². The summed E-state index contributed by atoms with van der Waals surface area (Å²) in [4.78, 5) is 12.4. The number of nitrogens with zero attached hydrogens (tertiary/aromatic N) is 1. The first-order valence-electron chi connectivity index (χ1n) is 8.28. The molecule has 0 aliphatic carbocycles. The zero-order chi connectivity index (χ0) is 20.4. The van der Waals surface area contributed by atoms with E-state index in [0.717, 1.165) is 35.1 Å². The van der Waals surface area contributed by atoms with Gasteiger partial charge in [0.15, 0.2) is 0 Å². The lowest BCUT2D eigenvalue weighted by Gasteiger charge is -2.24. The van der Waals surface area contributed by atoms with Crippen LogP contribution >= 0.6 is 0 Å². The quantitative estimate of drug-likeness (QED) is 0.815. The van der Waals surface area contributed by atoms with Gasteiger partial charge < -0.3 is 5.32 Å². The first kappa shape index (κ1) is 20.8. The molecule has 2 rings (SSSR count). The summed E-state index contributed by atoms with van der Waals surface area (Å²) in [5.74, 6) is -2.49. The standard InChI is InChI=1S/C19H22F2N2O3S/c1-12-5-6-13(2)16(9-12)14(3)22-19(24)11-23(27(4,25)26)18-8-7-15(20)10-17(18)21/h5-10,14H,11H2,1-4H3,(H,22,24). The molecular formula is C19H22F2N2O3S. The summed E-state index contributed by atoms with van der Waals surface area (Å²) in [6.45, 7) is 5.01. The third kappa shape index (κ3) is 5.26. The number of halogens is 2. The molecule has 5 nitrogen and oxygen atoms in total. The summed E-state index contributed by atoms with van der Waals surface area (Å²) in [5.41, 5.74) is 2.54. The Morgan fingerprint density at radius 1 is 1.15 bits per heavy atom. The van der Waals surface area contributed by atoms with E-state index in [1.807, 2.05) is 32.0 Å². The van der Waals surface area contributed by atoms with Crippen LogP contribution in [0, 0.1) is 25.5 Å². The molecule has 1 atom stereocenters. The minimum absolute atomic E-state index is 0.364. The number of benzene rings is 2. The van der Waals surface area contributed by atoms with Crippen molar-refractivity contribution in [1.82, 2.24) is 5.32 Å². The molecule has 0 spiro atoms. The average Bonchev–Trinajstić information content (AvgIpc) is 2.54. The van der Waals surface area contributed by atoms with Crippen molar-refractivity contribution in [2.75, 3.05) is 17.1 Å². The Morgan fingerprint density at radius 2 is 1.81 bits per heavy atom. The van der Waals surface area contributed by atoms with Gasteiger partial charge in [0.05, 0.1) is 18.0 Å². The fourth-order valence-electron chi connectivity index (χ4n) is 2.79. The van der Waals surface area contributed by atoms with E-state index in [1.54, 1.807) is 6.92 Å². The van der Waals surface area contributed by atoms with Crippen molar-refractivity contribution in [3.8, 4) is 0 Å². The fourth-order valence-corrected chi connectivity index (χ4v) is 3.64. The molecule has 1 unspecified atom stereocenters. The van der Waals surface area contributed by atoms with Crippen molar-refractivity contribution in [3.63, 3.8) is 0 Å². The Kier molecular flexibility index (Phi) is 6.20. The van der Waals surface area contributed by atoms with Gasteiger partial charge in [-0.25, -0.2) is 17.2 Å². The van der Waals surface area contributed by atoms with Gasteiger partial charge in [-0.05, 0) is 44.0 Å². The molecular weight excluding hydrogens is 374 g/mol. The van der Waals surface area contributed by atoms with Crippen molar-refractivity contribution in [2.24, 2.45) is 0 Å². The number of amides is 1. The van der Waals surface area contributed by atoms with Crippen LogP contribution in [-0.4, -0.2) is 27.1 Å². The molecule has 0 bridgehead atoms. The molecule has 0 fully saturated rings. The van der Waals surface area contributed by atoms with Gasteiger partial charge >= 0.3 is 0 Å². The number of hydrogen-bond acceptors (Lipinski definition) is 3. The highest BCUT2D eigenvalue weighted by molar-refractivity contribution is 7.92. The first-order chi connectivity index (χ1) is 12.5. The molecule has 0 saturated carbocycles. The van der Waals surface area contributed by atoms with Crippen LogP contribution in [0.4, 0.5) is 14.5 Å². The number of hydrogen-bond donors (Lipinski definition) is 1. The topological polar surface area (TPSA) is 66.5 Å². The smallest absolute Gasteiger partial charge is 0.241 e. The van der Waals surface area contributed by atoms with Crippen molar-refractivity contribution in [1.29, 1.82) is 0 Å². The summed E-state index contributed by atoms with van der Waals surface area (Å²) in [6, 6.07) is 7.97. The second-order valence-electron chi connectivity index (χ2n) is 6.51. The second-order valence-corrected chi connectivity index (χ2v) is 8.42. The van der Waals surface area contributed by atoms with E-state index in [-0.39, 0.29) is 11.7 Å². The maximum absolute atomic E-state index is 14.0. The average molecular weight is 396 g/mol. The summed E-state index contributed by atoms with van der Waals surface area (Å²) in [5, 5.41) is 2.73. The molecule has 2 aromatic rings. The monoisotopic (exact) mass is 396 g/mol. The molecule has 1 N–H and O–H groups in total. The number of anilines is 1. The lowest BCUT2D eigenvalue weighted by Crippen LogP contribution is -2.41. The summed E-state index contributed by atoms with van der Waals surface area (Å²) in [7, 11) is -3.95. The van der Waals surface area contributed by atoms with Crippen LogP contribution in [0.5, 0.6) is 0 Å². The third-order valence-corrected chi connectivity index (χ3v) is 5.27. The Labute approximate surface area is 158 Å². The third-order valence-electron chi connectivity index (χ3n) is 4.14. The molecule has 0 saturated heterocycles. The molecule has 0 heterocycles. The van der Waals surface area contributed by atoms with Crippen LogP contribution in [-0.2, 0) is 14.8 Å². The molecule has 0 aromatic heterocycles. The molecule has 2 aromatic carbocycles. The predicted octanol–water partition coefficient (Wildman–Crippen LogP) is 3.23. The van der Waals surface area contributed by atoms with Crippen LogP contribution in [0.1, 0.15) is 29.7 Å². The second kappa shape index (κ2) is 8.04. The highest BCUT2D eigenvalue weighted by Crippen LogP contribution is 2.23. The van der Waals surface area contributed by atoms with Crippen LogP contribution < -0.4 is 9.62 Å². The molecule has 0 aliphatic rings. The van der Waals surface area contributed by atoms with Crippen LogP contribution in [0.15, 0.2) is 36.4 Å². The van der Waals surface area contributed by atoms with Crippen molar-refractivity contribution >= 4 is 21.6 Å². The Bertz CT molecular complexity index is 961. The molecule has 8 heteroatoms. The van der Waals surface area contributed by atoms with Gasteiger partial charge in [0.2, 0.25) is 15.9 Å². The Hall–Kier alpha value is -2.48. The Balaban J connectivity index is 2.23. The van der Waals surface area contributed by atoms with Gasteiger partial charge in [-0.2, -0.15) is 0 Å². The zero-order valence-electron chi connectivity index (χ0n) is 15.6. The van der Waals surface area contributed by atoms with E-state index in [4.69, 9.17) is 0 Å². The predicted molar refractivity (Wildman–Crippen MR) is 101 cm³/mol. The maximum atomic E-state index is 14.0. The van der Waals surface area contributed by atoms with Crippen LogP contribution in [0.2, 0.25) is 0 Å². The lowest BCUT2D eigenvalue weighted by atomic mass is 10.00. The van der Waals surface area contributed by atoms with Crippen molar-refractivity contribution < 1.29 is 22.0 Å². The van der Waals surface area contributed by atoms with E-state index < -0.39 is 34.1 Å². The highest BCUT2D eigenvalue weighted by Gasteiger charge is 2.25. The fraction of sp³-hybridized carbons (Fsp3) is 0.316. The number of sulfonamides is 1. The van der Waals surface area contributed by atoms with Gasteiger partial charge in [-0.3, -0.25) is 9.10 Å². The minimum atomic E-state index is -3.95. The van der Waals surface area contributed by atoms with Crippen molar-refractivity contribution in [3.05, 3.63) is 64.7 Å². The zero-order valence-corrected chi connectivity index (χ0v) is 16.4. The van der Waals surface area contributed by atoms with Gasteiger partial charge in [0.25, 0.3) is 0 Å². The summed E-state index contributed by atoms with van der Waals surface area (Å²) in [6.07, 6.45) is 0.858. The van der Waals surface area contributed by atoms with Crippen molar-refractivity contribution in [2.45, 2.75) is 26.8 Å². The largest absolute Gasteiger partial charge is 0.348 e. The molecule has 0 aliphatic heterocycles. The van der Waals surface area contributed by atoms with Gasteiger partial charge in [0.1, 0.15) is 18.2 Å². The van der Waals surface area contributed by atoms with Gasteiger partial charge in [-0.1, -0.05) is 23.8 Å². The van der Waals surface area contributed by atoms with E-state index in [1.165, 1.54) is 0 Å². The molecule has 1 amide bonds. The number of carbonyl (C=O) groups is 1. The Morgan fingerprint density at radius 3 is 2.41 bits per heavy atom. The van der Waals surface area contributed by atoms with Crippen LogP contribution in [0.3, 0.4) is 0 Å². The molecule has 146 valence electrons. The molecule has 27 heavy (non-hydrogen) atoms. The number of carbonyl (C=O) groups excluding carboxylic acids is 1. The van der Waals surface area contributed by atoms with Gasteiger partial charge in [0, 0.05) is 6.07 Å². The van der Waals surface area contributed by atoms with E-state index in [2.05, 4.69) is 5.32 Å². The highest BCUT2D eigenvalue weighted by atomic mass is 32.2. The summed E-state index contributed by atoms with van der Waals surface area (Å²) < 4.78 is 51.8. The first-order valence-corrected chi connectivity index (χ1v) is 10.1. The SMILES string of the molecule is Cc1ccc(C)c(C(C)NC(=O)CN(c2ccc(F)cc2F)S(C)(=O)=O)c1. The summed E-state index contributed by atoms with van der Waals surface area (Å²) >= 11 is 0. The molecule has 0 radical (unpaired) electrons. The normalized spacial score (nSPS) is 12.5. The maximum Gasteiger partial charge on any atom is 0.241 e. The van der Waals surface area contributed by atoms with Gasteiger partial charge in [-0.15, -0.1) is 0 Å². The van der Waals surface area contributed by atoms with E-state index in [0.29, 0.717) is 10.4 Å². The number of rotatable bonds is 6. The number of nitrogens with one attached hydrogen (secondary N) is 1. The minimum Gasteiger partial charge on any atom is -0.348 e. The number of aryl methyl sites for hydroxylation is 2. The van der Waals surface area contributed by atoms with E-state index >= 15 is 0 Å². The lowest BCUT2D eigenvalue weighted by molar-refractivity contribution is -0.120.